The van der Waals surface area contributed by atoms with Crippen LogP contribution in [0, 0.1) is 6.92 Å². The lowest BCUT2D eigenvalue weighted by molar-refractivity contribution is -0.140. The van der Waals surface area contributed by atoms with Crippen LogP contribution in [-0.2, 0) is 32.6 Å². The summed E-state index contributed by atoms with van der Waals surface area (Å²) in [6, 6.07) is 29.1. The summed E-state index contributed by atoms with van der Waals surface area (Å²) in [6.45, 7) is 6.97. The maximum Gasteiger partial charge on any atom is 0.264 e. The minimum absolute atomic E-state index is 0.0243. The zero-order valence-corrected chi connectivity index (χ0v) is 29.1. The van der Waals surface area contributed by atoms with Gasteiger partial charge in [-0.3, -0.25) is 13.9 Å². The second kappa shape index (κ2) is 15.0. The standard InChI is InChI=1S/C36H40BrN3O5S/c1-26-19-20-33(45-5)31(21-26)40(46(43,44)30-17-10-7-11-18-30)25-34(41)39(24-28-15-12-16-29(37)22-28)32(35(42)38-36(2,3)4)23-27-13-8-6-9-14-27/h6-22,32H,23-25H2,1-5H3,(H,38,42)/t32-/m1/s1. The average Bonchev–Trinajstić information content (AvgIpc) is 3.01. The number of benzene rings is 4. The van der Waals surface area contributed by atoms with Crippen molar-refractivity contribution in [1.29, 1.82) is 0 Å². The van der Waals surface area contributed by atoms with E-state index in [9.17, 15) is 18.0 Å². The van der Waals surface area contributed by atoms with Gasteiger partial charge in [0, 0.05) is 23.0 Å². The summed E-state index contributed by atoms with van der Waals surface area (Å²) in [4.78, 5) is 30.2. The molecular weight excluding hydrogens is 666 g/mol. The van der Waals surface area contributed by atoms with Crippen LogP contribution in [0.3, 0.4) is 0 Å². The molecule has 0 aliphatic heterocycles. The van der Waals surface area contributed by atoms with E-state index in [1.807, 2.05) is 88.4 Å². The largest absolute Gasteiger partial charge is 0.495 e. The summed E-state index contributed by atoms with van der Waals surface area (Å²) in [5.41, 5.74) is 2.07. The molecule has 4 aromatic carbocycles. The molecule has 0 spiro atoms. The Hall–Kier alpha value is -4.15. The van der Waals surface area contributed by atoms with E-state index in [2.05, 4.69) is 21.2 Å². The number of carbonyl (C=O) groups is 2. The van der Waals surface area contributed by atoms with E-state index in [1.54, 1.807) is 30.3 Å². The number of hydrogen-bond acceptors (Lipinski definition) is 5. The van der Waals surface area contributed by atoms with Crippen molar-refractivity contribution in [2.75, 3.05) is 18.0 Å². The molecule has 0 heterocycles. The third-order valence-corrected chi connectivity index (χ3v) is 9.49. The Morgan fingerprint density at radius 2 is 1.50 bits per heavy atom. The van der Waals surface area contributed by atoms with Gasteiger partial charge in [0.05, 0.1) is 17.7 Å². The highest BCUT2D eigenvalue weighted by molar-refractivity contribution is 9.10. The highest BCUT2D eigenvalue weighted by atomic mass is 79.9. The molecule has 0 unspecified atom stereocenters. The van der Waals surface area contributed by atoms with Crippen molar-refractivity contribution in [3.05, 3.63) is 124 Å². The van der Waals surface area contributed by atoms with Crippen molar-refractivity contribution in [2.45, 2.75) is 57.1 Å². The van der Waals surface area contributed by atoms with Crippen molar-refractivity contribution in [3.63, 3.8) is 0 Å². The molecular formula is C36H40BrN3O5S. The van der Waals surface area contributed by atoms with Crippen molar-refractivity contribution in [1.82, 2.24) is 10.2 Å². The number of rotatable bonds is 12. The number of methoxy groups -OCH3 is 1. The number of carbonyl (C=O) groups excluding carboxylic acids is 2. The first kappa shape index (κ1) is 34.7. The van der Waals surface area contributed by atoms with E-state index in [0.717, 1.165) is 25.5 Å². The summed E-state index contributed by atoms with van der Waals surface area (Å²) in [6.07, 6.45) is 0.224. The number of aryl methyl sites for hydroxylation is 1. The molecule has 1 N–H and O–H groups in total. The van der Waals surface area contributed by atoms with Gasteiger partial charge in [0.25, 0.3) is 10.0 Å². The van der Waals surface area contributed by atoms with Crippen LogP contribution in [0.1, 0.15) is 37.5 Å². The first-order valence-electron chi connectivity index (χ1n) is 14.9. The van der Waals surface area contributed by atoms with E-state index < -0.39 is 34.1 Å². The van der Waals surface area contributed by atoms with Crippen molar-refractivity contribution in [2.24, 2.45) is 0 Å². The molecule has 4 rings (SSSR count). The second-order valence-corrected chi connectivity index (χ2v) is 14.9. The molecule has 0 bridgehead atoms. The Morgan fingerprint density at radius 3 is 2.11 bits per heavy atom. The summed E-state index contributed by atoms with van der Waals surface area (Å²) in [5.74, 6) is -0.596. The quantitative estimate of drug-likeness (QED) is 0.181. The van der Waals surface area contributed by atoms with Crippen molar-refractivity contribution < 1.29 is 22.7 Å². The Kier molecular flexibility index (Phi) is 11.3. The maximum absolute atomic E-state index is 14.7. The fourth-order valence-electron chi connectivity index (χ4n) is 5.07. The molecule has 2 amide bonds. The van der Waals surface area contributed by atoms with Gasteiger partial charge in [-0.25, -0.2) is 8.42 Å². The first-order chi connectivity index (χ1) is 21.8. The molecule has 0 aromatic heterocycles. The highest BCUT2D eigenvalue weighted by Gasteiger charge is 2.36. The molecule has 0 fully saturated rings. The van der Waals surface area contributed by atoms with Crippen LogP contribution >= 0.6 is 15.9 Å². The van der Waals surface area contributed by atoms with Gasteiger partial charge in [-0.05, 0) is 80.8 Å². The molecule has 10 heteroatoms. The number of hydrogen-bond donors (Lipinski definition) is 1. The fraction of sp³-hybridized carbons (Fsp3) is 0.278. The van der Waals surface area contributed by atoms with Gasteiger partial charge >= 0.3 is 0 Å². The Bertz CT molecular complexity index is 1760. The molecule has 0 saturated carbocycles. The minimum Gasteiger partial charge on any atom is -0.495 e. The van der Waals surface area contributed by atoms with E-state index >= 15 is 0 Å². The molecule has 0 saturated heterocycles. The summed E-state index contributed by atoms with van der Waals surface area (Å²) >= 11 is 3.51. The normalized spacial score (nSPS) is 12.2. The second-order valence-electron chi connectivity index (χ2n) is 12.1. The van der Waals surface area contributed by atoms with Crippen LogP contribution in [0.4, 0.5) is 5.69 Å². The van der Waals surface area contributed by atoms with Crippen LogP contribution in [0.15, 0.2) is 112 Å². The number of nitrogens with one attached hydrogen (secondary N) is 1. The molecule has 8 nitrogen and oxygen atoms in total. The van der Waals surface area contributed by atoms with Crippen molar-refractivity contribution >= 4 is 43.5 Å². The van der Waals surface area contributed by atoms with Gasteiger partial charge in [0.15, 0.2) is 0 Å². The zero-order chi connectivity index (χ0) is 33.5. The lowest BCUT2D eigenvalue weighted by Crippen LogP contribution is -2.56. The number of anilines is 1. The summed E-state index contributed by atoms with van der Waals surface area (Å²) in [7, 11) is -2.79. The molecule has 0 radical (unpaired) electrons. The number of halogens is 1. The highest BCUT2D eigenvalue weighted by Crippen LogP contribution is 2.34. The molecule has 242 valence electrons. The number of sulfonamides is 1. The predicted octanol–water partition coefficient (Wildman–Crippen LogP) is 6.52. The maximum atomic E-state index is 14.7. The van der Waals surface area contributed by atoms with E-state index in [-0.39, 0.29) is 29.5 Å². The van der Waals surface area contributed by atoms with Crippen LogP contribution in [0.2, 0.25) is 0 Å². The summed E-state index contributed by atoms with van der Waals surface area (Å²) in [5, 5.41) is 3.04. The number of nitrogens with zero attached hydrogens (tertiary/aromatic N) is 2. The van der Waals surface area contributed by atoms with E-state index in [4.69, 9.17) is 4.74 Å². The van der Waals surface area contributed by atoms with Gasteiger partial charge in [-0.15, -0.1) is 0 Å². The number of amides is 2. The van der Waals surface area contributed by atoms with Crippen LogP contribution in [-0.4, -0.2) is 50.4 Å². The Labute approximate surface area is 280 Å². The number of ether oxygens (including phenoxy) is 1. The van der Waals surface area contributed by atoms with Gasteiger partial charge in [-0.1, -0.05) is 82.7 Å². The smallest absolute Gasteiger partial charge is 0.264 e. The SMILES string of the molecule is COc1ccc(C)cc1N(CC(=O)N(Cc1cccc(Br)c1)[C@H](Cc1ccccc1)C(=O)NC(C)(C)C)S(=O)(=O)c1ccccc1. The lowest BCUT2D eigenvalue weighted by Gasteiger charge is -2.35. The van der Waals surface area contributed by atoms with Crippen LogP contribution < -0.4 is 14.4 Å². The van der Waals surface area contributed by atoms with Crippen LogP contribution in [0.25, 0.3) is 0 Å². The van der Waals surface area contributed by atoms with Crippen LogP contribution in [0.5, 0.6) is 5.75 Å². The topological polar surface area (TPSA) is 96.0 Å². The predicted molar refractivity (Wildman–Crippen MR) is 185 cm³/mol. The molecule has 0 aliphatic rings. The molecule has 46 heavy (non-hydrogen) atoms. The third-order valence-electron chi connectivity index (χ3n) is 7.22. The molecule has 4 aromatic rings. The monoisotopic (exact) mass is 705 g/mol. The first-order valence-corrected chi connectivity index (χ1v) is 17.1. The van der Waals surface area contributed by atoms with E-state index in [0.29, 0.717) is 5.75 Å². The Morgan fingerprint density at radius 1 is 0.870 bits per heavy atom. The molecule has 1 atom stereocenters. The van der Waals surface area contributed by atoms with Crippen molar-refractivity contribution in [3.8, 4) is 5.75 Å². The molecule has 0 aliphatic carbocycles. The zero-order valence-electron chi connectivity index (χ0n) is 26.7. The van der Waals surface area contributed by atoms with Gasteiger partial charge in [-0.2, -0.15) is 0 Å². The van der Waals surface area contributed by atoms with Gasteiger partial charge in [0.2, 0.25) is 11.8 Å². The average molecular weight is 707 g/mol. The summed E-state index contributed by atoms with van der Waals surface area (Å²) < 4.78 is 36.0. The lowest BCUT2D eigenvalue weighted by atomic mass is 10.0. The van der Waals surface area contributed by atoms with Gasteiger partial charge < -0.3 is 15.0 Å². The Balaban J connectivity index is 1.86. The van der Waals surface area contributed by atoms with Gasteiger partial charge in [0.1, 0.15) is 18.3 Å². The minimum atomic E-state index is -4.25. The van der Waals surface area contributed by atoms with E-state index in [1.165, 1.54) is 24.1 Å². The fourth-order valence-corrected chi connectivity index (χ4v) is 6.95. The third kappa shape index (κ3) is 8.98.